The van der Waals surface area contributed by atoms with Gasteiger partial charge in [0.25, 0.3) is 0 Å². The Labute approximate surface area is 225 Å². The predicted octanol–water partition coefficient (Wildman–Crippen LogP) is 6.16. The number of hydrogen-bond donors (Lipinski definition) is 1. The monoisotopic (exact) mass is 565 g/mol. The van der Waals surface area contributed by atoms with E-state index in [1.165, 1.54) is 45.3 Å². The molecule has 0 aliphatic rings. The van der Waals surface area contributed by atoms with Crippen molar-refractivity contribution in [2.75, 3.05) is 14.2 Å². The van der Waals surface area contributed by atoms with E-state index in [9.17, 15) is 27.9 Å². The van der Waals surface area contributed by atoms with E-state index in [4.69, 9.17) is 25.5 Å². The topological polar surface area (TPSA) is 100 Å². The van der Waals surface area contributed by atoms with Crippen molar-refractivity contribution in [3.63, 3.8) is 0 Å². The molecule has 12 heteroatoms. The summed E-state index contributed by atoms with van der Waals surface area (Å²) in [6.07, 6.45) is -6.04. The van der Waals surface area contributed by atoms with Crippen molar-refractivity contribution in [1.82, 2.24) is 4.57 Å². The Morgan fingerprint density at radius 1 is 1.03 bits per heavy atom. The summed E-state index contributed by atoms with van der Waals surface area (Å²) in [6, 6.07) is 12.4. The van der Waals surface area contributed by atoms with E-state index < -0.39 is 35.2 Å². The third-order valence-corrected chi connectivity index (χ3v) is 6.94. The van der Waals surface area contributed by atoms with Gasteiger partial charge in [-0.1, -0.05) is 42.8 Å². The van der Waals surface area contributed by atoms with E-state index in [-0.39, 0.29) is 33.2 Å². The van der Waals surface area contributed by atoms with Crippen molar-refractivity contribution >= 4 is 28.9 Å². The molecule has 4 aromatic rings. The third-order valence-electron chi connectivity index (χ3n) is 6.61. The van der Waals surface area contributed by atoms with E-state index in [1.807, 2.05) is 0 Å². The number of aliphatic hydroxyl groups is 1. The number of benzene rings is 3. The minimum absolute atomic E-state index is 0.0201. The maximum absolute atomic E-state index is 14.5. The normalized spacial score (nSPS) is 14.1. The zero-order valence-electron chi connectivity index (χ0n) is 21.1. The van der Waals surface area contributed by atoms with E-state index in [0.29, 0.717) is 11.1 Å². The van der Waals surface area contributed by atoms with Gasteiger partial charge in [-0.3, -0.25) is 4.57 Å². The molecule has 0 fully saturated rings. The second-order valence-corrected chi connectivity index (χ2v) is 9.16. The first kappa shape index (κ1) is 28.1. The van der Waals surface area contributed by atoms with Crippen LogP contribution in [0.2, 0.25) is 5.02 Å². The highest BCUT2D eigenvalue weighted by atomic mass is 35.5. The number of carbonyl (C=O) groups excluding carboxylic acids is 1. The number of fused-ring (bicyclic) bond motifs is 1. The highest BCUT2D eigenvalue weighted by molar-refractivity contribution is 6.31. The van der Waals surface area contributed by atoms with Gasteiger partial charge in [-0.05, 0) is 52.6 Å². The summed E-state index contributed by atoms with van der Waals surface area (Å²) in [7, 11) is 3.89. The second-order valence-electron chi connectivity index (χ2n) is 8.75. The molecule has 3 aromatic carbocycles. The fourth-order valence-corrected chi connectivity index (χ4v) is 4.71. The molecule has 1 aromatic heterocycles. The Bertz CT molecular complexity index is 1610. The minimum atomic E-state index is -5.10. The number of aromatic nitrogens is 1. The number of alkyl halides is 3. The molecule has 4 rings (SSSR count). The highest BCUT2D eigenvalue weighted by Gasteiger charge is 2.59. The van der Waals surface area contributed by atoms with E-state index in [2.05, 4.69) is 4.74 Å². The molecule has 0 bridgehead atoms. The Hall–Kier alpha value is -3.96. The number of nitrogens with zero attached hydrogens (tertiary/aromatic N) is 1. The Morgan fingerprint density at radius 2 is 1.69 bits per heavy atom. The summed E-state index contributed by atoms with van der Waals surface area (Å²) in [5, 5.41) is 11.2. The van der Waals surface area contributed by atoms with Crippen LogP contribution in [0.25, 0.3) is 22.2 Å². The van der Waals surface area contributed by atoms with Gasteiger partial charge in [0.2, 0.25) is 0 Å². The zero-order chi connectivity index (χ0) is 28.7. The molecule has 2 atom stereocenters. The van der Waals surface area contributed by atoms with Crippen molar-refractivity contribution in [3.8, 4) is 22.6 Å². The van der Waals surface area contributed by atoms with Crippen LogP contribution in [0.5, 0.6) is 11.5 Å². The quantitative estimate of drug-likeness (QED) is 0.221. The van der Waals surface area contributed by atoms with Crippen LogP contribution in [0.4, 0.5) is 18.0 Å². The molecular formula is C27H23ClF3NO7. The molecule has 8 nitrogen and oxygen atoms in total. The van der Waals surface area contributed by atoms with Crippen LogP contribution in [0, 0.1) is 0 Å². The van der Waals surface area contributed by atoms with Crippen LogP contribution in [-0.2, 0) is 17.4 Å². The van der Waals surface area contributed by atoms with E-state index in [0.717, 1.165) is 23.8 Å². The molecule has 0 saturated carbocycles. The highest BCUT2D eigenvalue weighted by Crippen LogP contribution is 2.50. The fourth-order valence-electron chi connectivity index (χ4n) is 4.37. The average molecular weight is 566 g/mol. The number of methoxy groups -OCH3 is 2. The van der Waals surface area contributed by atoms with Crippen molar-refractivity contribution in [3.05, 3.63) is 81.3 Å². The van der Waals surface area contributed by atoms with Gasteiger partial charge in [0.1, 0.15) is 0 Å². The summed E-state index contributed by atoms with van der Waals surface area (Å²) in [5.41, 5.74) is -2.49. The molecule has 0 aliphatic carbocycles. The predicted molar refractivity (Wildman–Crippen MR) is 136 cm³/mol. The molecule has 0 saturated heterocycles. The fraction of sp³-hybridized carbons (Fsp3) is 0.259. The first-order chi connectivity index (χ1) is 18.3. The van der Waals surface area contributed by atoms with Crippen LogP contribution < -0.4 is 15.2 Å². The molecule has 0 aliphatic heterocycles. The minimum Gasteiger partial charge on any atom is -0.493 e. The molecule has 0 radical (unpaired) electrons. The Balaban J connectivity index is 1.75. The maximum Gasteiger partial charge on any atom is 0.513 e. The largest absolute Gasteiger partial charge is 0.513 e. The molecule has 1 N–H and O–H groups in total. The van der Waals surface area contributed by atoms with Gasteiger partial charge in [-0.15, -0.1) is 0 Å². The van der Waals surface area contributed by atoms with Gasteiger partial charge in [-0.2, -0.15) is 13.2 Å². The van der Waals surface area contributed by atoms with Crippen LogP contribution in [0.15, 0.2) is 63.8 Å². The van der Waals surface area contributed by atoms with Crippen LogP contribution in [0.1, 0.15) is 24.0 Å². The summed E-state index contributed by atoms with van der Waals surface area (Å²) in [4.78, 5) is 23.3. The molecule has 206 valence electrons. The van der Waals surface area contributed by atoms with Gasteiger partial charge < -0.3 is 23.7 Å². The smallest absolute Gasteiger partial charge is 0.493 e. The number of oxazole rings is 1. The average Bonchev–Trinajstić information content (AvgIpc) is 3.19. The standard InChI is InChI=1S/C27H23ClF3NO7/c1-14(26(35,27(29,30)31)17-7-10-21-20(13-17)32(2)24(33)38-21)18-8-5-15(11-19(18)28)16-6-9-22(23(12-16)36-3)39-25(34)37-4/h5-14,35H,1-4H3. The molecular weight excluding hydrogens is 543 g/mol. The maximum atomic E-state index is 14.5. The zero-order valence-corrected chi connectivity index (χ0v) is 21.9. The lowest BCUT2D eigenvalue weighted by atomic mass is 9.77. The summed E-state index contributed by atoms with van der Waals surface area (Å²) >= 11 is 6.48. The van der Waals surface area contributed by atoms with Gasteiger partial charge in [0.05, 0.1) is 19.7 Å². The number of halogens is 4. The molecule has 0 spiro atoms. The SMILES string of the molecule is COC(=O)Oc1ccc(-c2ccc(C(C)C(O)(c3ccc4oc(=O)n(C)c4c3)C(F)(F)F)c(Cl)c2)cc1OC. The molecule has 39 heavy (non-hydrogen) atoms. The van der Waals surface area contributed by atoms with Crippen LogP contribution in [-0.4, -0.2) is 36.2 Å². The number of aryl methyl sites for hydroxylation is 1. The third kappa shape index (κ3) is 4.95. The van der Waals surface area contributed by atoms with Crippen molar-refractivity contribution in [2.24, 2.45) is 7.05 Å². The van der Waals surface area contributed by atoms with Gasteiger partial charge in [0, 0.05) is 18.0 Å². The molecule has 0 amide bonds. The van der Waals surface area contributed by atoms with Crippen molar-refractivity contribution < 1.29 is 41.7 Å². The van der Waals surface area contributed by atoms with Gasteiger partial charge in [-0.25, -0.2) is 9.59 Å². The molecule has 1 heterocycles. The summed E-state index contributed by atoms with van der Waals surface area (Å²) in [5.74, 6) is -1.98. The van der Waals surface area contributed by atoms with Crippen LogP contribution >= 0.6 is 11.6 Å². The van der Waals surface area contributed by atoms with Gasteiger partial charge >= 0.3 is 18.1 Å². The number of hydrogen-bond acceptors (Lipinski definition) is 7. The lowest BCUT2D eigenvalue weighted by molar-refractivity contribution is -0.274. The Kier molecular flexibility index (Phi) is 7.42. The summed E-state index contributed by atoms with van der Waals surface area (Å²) in [6.45, 7) is 1.22. The Morgan fingerprint density at radius 3 is 2.31 bits per heavy atom. The number of carbonyl (C=O) groups is 1. The van der Waals surface area contributed by atoms with Gasteiger partial charge in [0.15, 0.2) is 22.7 Å². The second kappa shape index (κ2) is 10.3. The first-order valence-electron chi connectivity index (χ1n) is 11.4. The van der Waals surface area contributed by atoms with E-state index >= 15 is 0 Å². The first-order valence-corrected chi connectivity index (χ1v) is 11.8. The lowest BCUT2D eigenvalue weighted by Crippen LogP contribution is -2.46. The lowest BCUT2D eigenvalue weighted by Gasteiger charge is -2.37. The van der Waals surface area contributed by atoms with E-state index in [1.54, 1.807) is 18.2 Å². The van der Waals surface area contributed by atoms with Crippen molar-refractivity contribution in [1.29, 1.82) is 0 Å². The van der Waals surface area contributed by atoms with Crippen LogP contribution in [0.3, 0.4) is 0 Å². The summed E-state index contributed by atoms with van der Waals surface area (Å²) < 4.78 is 64.3. The number of ether oxygens (including phenoxy) is 3. The molecule has 2 unspecified atom stereocenters. The number of rotatable bonds is 6. The van der Waals surface area contributed by atoms with Crippen molar-refractivity contribution in [2.45, 2.75) is 24.6 Å².